The zero-order valence-corrected chi connectivity index (χ0v) is 6.30. The van der Waals surface area contributed by atoms with Crippen LogP contribution < -0.4 is 0 Å². The van der Waals surface area contributed by atoms with Crippen LogP contribution in [0, 0.1) is 5.92 Å². The Kier molecular flexibility index (Phi) is 1.10. The van der Waals surface area contributed by atoms with Crippen molar-refractivity contribution in [2.45, 2.75) is 38.3 Å². The summed E-state index contributed by atoms with van der Waals surface area (Å²) in [5, 5.41) is 0. The van der Waals surface area contributed by atoms with Crippen LogP contribution in [-0.4, -0.2) is 24.0 Å². The van der Waals surface area contributed by atoms with Gasteiger partial charge in [-0.2, -0.15) is 0 Å². The van der Waals surface area contributed by atoms with E-state index in [9.17, 15) is 0 Å². The van der Waals surface area contributed by atoms with Gasteiger partial charge in [-0.15, -0.1) is 0 Å². The predicted molar refractivity (Wildman–Crippen MR) is 38.4 cm³/mol. The Morgan fingerprint density at radius 1 is 1.33 bits per heavy atom. The maximum absolute atomic E-state index is 2.55. The van der Waals surface area contributed by atoms with Gasteiger partial charge < -0.3 is 4.90 Å². The molecule has 0 N–H and O–H groups in total. The fourth-order valence-corrected chi connectivity index (χ4v) is 2.46. The van der Waals surface area contributed by atoms with E-state index in [1.54, 1.807) is 0 Å². The Morgan fingerprint density at radius 3 is 2.44 bits per heavy atom. The normalized spacial score (nSPS) is 50.7. The largest absolute Gasteiger partial charge is 0.300 e. The topological polar surface area (TPSA) is 3.24 Å². The van der Waals surface area contributed by atoms with Crippen molar-refractivity contribution < 1.29 is 0 Å². The van der Waals surface area contributed by atoms with Crippen molar-refractivity contribution in [3.8, 4) is 0 Å². The van der Waals surface area contributed by atoms with E-state index < -0.39 is 0 Å². The third-order valence-electron chi connectivity index (χ3n) is 3.35. The molecular weight excluding hydrogens is 110 g/mol. The van der Waals surface area contributed by atoms with Crippen LogP contribution in [0.1, 0.15) is 26.2 Å². The van der Waals surface area contributed by atoms with Crippen LogP contribution in [0.15, 0.2) is 0 Å². The molecule has 0 radical (unpaired) electrons. The summed E-state index contributed by atoms with van der Waals surface area (Å²) in [5.74, 6) is 1.04. The van der Waals surface area contributed by atoms with Gasteiger partial charge in [-0.3, -0.25) is 0 Å². The lowest BCUT2D eigenvalue weighted by Gasteiger charge is -2.28. The van der Waals surface area contributed by atoms with Crippen LogP contribution in [0.25, 0.3) is 0 Å². The van der Waals surface area contributed by atoms with Gasteiger partial charge in [-0.05, 0) is 39.2 Å². The Labute approximate surface area is 57.0 Å². The van der Waals surface area contributed by atoms with Gasteiger partial charge in [0.15, 0.2) is 0 Å². The number of hydrogen-bond acceptors (Lipinski definition) is 1. The smallest absolute Gasteiger partial charge is 0.00984 e. The van der Waals surface area contributed by atoms with Crippen molar-refractivity contribution >= 4 is 0 Å². The highest BCUT2D eigenvalue weighted by Crippen LogP contribution is 2.40. The van der Waals surface area contributed by atoms with Crippen molar-refractivity contribution in [3.05, 3.63) is 0 Å². The number of likely N-dealkylation sites (tertiary alicyclic amines) is 1. The first-order valence-corrected chi connectivity index (χ1v) is 4.01. The quantitative estimate of drug-likeness (QED) is 0.474. The van der Waals surface area contributed by atoms with Crippen molar-refractivity contribution in [2.24, 2.45) is 5.92 Å². The summed E-state index contributed by atoms with van der Waals surface area (Å²) in [4.78, 5) is 2.55. The summed E-state index contributed by atoms with van der Waals surface area (Å²) in [6, 6.07) is 1.83. The zero-order valence-electron chi connectivity index (χ0n) is 6.30. The van der Waals surface area contributed by atoms with Crippen molar-refractivity contribution in [2.75, 3.05) is 7.05 Å². The van der Waals surface area contributed by atoms with E-state index in [1.165, 1.54) is 19.3 Å². The minimum atomic E-state index is 0.878. The first kappa shape index (κ1) is 5.72. The molecule has 1 saturated carbocycles. The van der Waals surface area contributed by atoms with E-state index in [-0.39, 0.29) is 0 Å². The van der Waals surface area contributed by atoms with Crippen LogP contribution >= 0.6 is 0 Å². The molecule has 1 aliphatic heterocycles. The van der Waals surface area contributed by atoms with Crippen molar-refractivity contribution in [3.63, 3.8) is 0 Å². The second-order valence-corrected chi connectivity index (χ2v) is 3.63. The van der Waals surface area contributed by atoms with Crippen LogP contribution in [-0.2, 0) is 0 Å². The number of rotatable bonds is 0. The molecule has 1 heteroatoms. The van der Waals surface area contributed by atoms with Crippen molar-refractivity contribution in [1.29, 1.82) is 0 Å². The van der Waals surface area contributed by atoms with Crippen LogP contribution in [0.4, 0.5) is 0 Å². The summed E-state index contributed by atoms with van der Waals surface area (Å²) in [7, 11) is 2.27. The maximum atomic E-state index is 2.55. The predicted octanol–water partition coefficient (Wildman–Crippen LogP) is 1.49. The van der Waals surface area contributed by atoms with Gasteiger partial charge in [0.1, 0.15) is 0 Å². The molecule has 0 aromatic carbocycles. The molecule has 1 saturated heterocycles. The number of hydrogen-bond donors (Lipinski definition) is 0. The molecule has 1 heterocycles. The fourth-order valence-electron chi connectivity index (χ4n) is 2.46. The van der Waals surface area contributed by atoms with Crippen molar-refractivity contribution in [1.82, 2.24) is 4.90 Å². The van der Waals surface area contributed by atoms with Gasteiger partial charge >= 0.3 is 0 Å². The Bertz CT molecular complexity index is 104. The van der Waals surface area contributed by atoms with Gasteiger partial charge in [0, 0.05) is 12.1 Å². The first-order valence-electron chi connectivity index (χ1n) is 4.01. The summed E-state index contributed by atoms with van der Waals surface area (Å²) < 4.78 is 0. The molecule has 2 rings (SSSR count). The van der Waals surface area contributed by atoms with Gasteiger partial charge in [0.2, 0.25) is 0 Å². The first-order chi connectivity index (χ1) is 4.29. The summed E-state index contributed by atoms with van der Waals surface area (Å²) in [6.07, 6.45) is 4.44. The molecular formula is C8H15N. The molecule has 3 atom stereocenters. The second-order valence-electron chi connectivity index (χ2n) is 3.63. The van der Waals surface area contributed by atoms with E-state index in [1.807, 2.05) is 0 Å². The summed E-state index contributed by atoms with van der Waals surface area (Å²) in [5.41, 5.74) is 0. The monoisotopic (exact) mass is 125 g/mol. The minimum absolute atomic E-state index is 0.878. The molecule has 1 unspecified atom stereocenters. The summed E-state index contributed by atoms with van der Waals surface area (Å²) in [6.45, 7) is 2.36. The van der Waals surface area contributed by atoms with E-state index in [0.29, 0.717) is 0 Å². The molecule has 1 nitrogen and oxygen atoms in total. The van der Waals surface area contributed by atoms with E-state index in [0.717, 1.165) is 18.0 Å². The molecule has 1 aliphatic carbocycles. The van der Waals surface area contributed by atoms with Crippen LogP contribution in [0.2, 0.25) is 0 Å². The lowest BCUT2D eigenvalue weighted by Crippen LogP contribution is -2.35. The third kappa shape index (κ3) is 0.644. The van der Waals surface area contributed by atoms with Gasteiger partial charge in [0.05, 0.1) is 0 Å². The molecule has 52 valence electrons. The number of nitrogens with zero attached hydrogens (tertiary/aromatic N) is 1. The lowest BCUT2D eigenvalue weighted by molar-refractivity contribution is 0.190. The lowest BCUT2D eigenvalue weighted by atomic mass is 10.0. The van der Waals surface area contributed by atoms with Crippen LogP contribution in [0.3, 0.4) is 0 Å². The van der Waals surface area contributed by atoms with E-state index in [4.69, 9.17) is 0 Å². The Morgan fingerprint density at radius 2 is 2.11 bits per heavy atom. The zero-order chi connectivity index (χ0) is 6.43. The van der Waals surface area contributed by atoms with Gasteiger partial charge in [-0.1, -0.05) is 0 Å². The molecule has 0 aromatic rings. The Balaban J connectivity index is 2.15. The second kappa shape index (κ2) is 1.72. The van der Waals surface area contributed by atoms with E-state index >= 15 is 0 Å². The molecule has 0 amide bonds. The molecule has 9 heavy (non-hydrogen) atoms. The third-order valence-corrected chi connectivity index (χ3v) is 3.35. The maximum Gasteiger partial charge on any atom is 0.00984 e. The molecule has 2 fully saturated rings. The molecule has 0 spiro atoms. The van der Waals surface area contributed by atoms with Gasteiger partial charge in [0.25, 0.3) is 0 Å². The average molecular weight is 125 g/mol. The van der Waals surface area contributed by atoms with E-state index in [2.05, 4.69) is 18.9 Å². The number of fused-ring (bicyclic) bond motifs is 2. The highest BCUT2D eigenvalue weighted by atomic mass is 15.2. The van der Waals surface area contributed by atoms with Crippen LogP contribution in [0.5, 0.6) is 0 Å². The molecule has 0 aromatic heterocycles. The summed E-state index contributed by atoms with van der Waals surface area (Å²) >= 11 is 0. The molecule has 2 bridgehead atoms. The SMILES string of the molecule is CC1[C@H]2CC[C@H](C2)N1C. The van der Waals surface area contributed by atoms with Gasteiger partial charge in [-0.25, -0.2) is 0 Å². The molecule has 2 aliphatic rings. The number of piperidine rings is 1. The Hall–Kier alpha value is -0.0400. The minimum Gasteiger partial charge on any atom is -0.300 e. The highest BCUT2D eigenvalue weighted by molar-refractivity contribution is 4.95. The highest BCUT2D eigenvalue weighted by Gasteiger charge is 2.40. The fraction of sp³-hybridized carbons (Fsp3) is 1.00. The average Bonchev–Trinajstić information content (AvgIpc) is 2.37. The standard InChI is InChI=1S/C8H15N/c1-6-7-3-4-8(5-7)9(6)2/h6-8H,3-5H2,1-2H3/t6?,7-,8+/m0/s1.